The molecule has 8 nitrogen and oxygen atoms in total. The van der Waals surface area contributed by atoms with Gasteiger partial charge in [-0.05, 0) is 37.5 Å². The van der Waals surface area contributed by atoms with E-state index < -0.39 is 17.7 Å². The van der Waals surface area contributed by atoms with Crippen molar-refractivity contribution in [1.29, 1.82) is 0 Å². The lowest BCUT2D eigenvalue weighted by Gasteiger charge is -2.28. The van der Waals surface area contributed by atoms with E-state index in [-0.39, 0.29) is 43.0 Å². The zero-order chi connectivity index (χ0) is 23.3. The second-order valence-corrected chi connectivity index (χ2v) is 8.06. The number of ketones is 1. The van der Waals surface area contributed by atoms with Crippen molar-refractivity contribution >= 4 is 11.7 Å². The summed E-state index contributed by atoms with van der Waals surface area (Å²) in [6.07, 6.45) is 0.199. The molecule has 31 heavy (non-hydrogen) atoms. The summed E-state index contributed by atoms with van der Waals surface area (Å²) in [5.41, 5.74) is 0.654. The van der Waals surface area contributed by atoms with Gasteiger partial charge in [0.15, 0.2) is 23.0 Å². The first-order valence-corrected chi connectivity index (χ1v) is 10.3. The topological polar surface area (TPSA) is 94.5 Å². The molecule has 1 heterocycles. The van der Waals surface area contributed by atoms with Crippen LogP contribution in [0.15, 0.2) is 23.5 Å². The third-order valence-corrected chi connectivity index (χ3v) is 4.98. The molecule has 1 unspecified atom stereocenters. The molecule has 0 bridgehead atoms. The minimum Gasteiger partial charge on any atom is -0.503 e. The summed E-state index contributed by atoms with van der Waals surface area (Å²) in [5, 5.41) is 10.6. The number of aliphatic hydroxyl groups excluding tert-OH is 1. The number of hydrogen-bond acceptors (Lipinski definition) is 7. The van der Waals surface area contributed by atoms with Crippen molar-refractivity contribution in [2.24, 2.45) is 5.92 Å². The Labute approximate surface area is 183 Å². The van der Waals surface area contributed by atoms with Crippen LogP contribution in [0.4, 0.5) is 0 Å². The highest BCUT2D eigenvalue weighted by atomic mass is 16.5. The predicted octanol–water partition coefficient (Wildman–Crippen LogP) is 3.45. The van der Waals surface area contributed by atoms with Gasteiger partial charge in [0, 0.05) is 13.0 Å². The normalized spacial score (nSPS) is 16.5. The molecule has 1 amide bonds. The van der Waals surface area contributed by atoms with Crippen LogP contribution >= 0.6 is 0 Å². The predicted molar refractivity (Wildman–Crippen MR) is 116 cm³/mol. The number of carbonyl (C=O) groups is 2. The summed E-state index contributed by atoms with van der Waals surface area (Å²) in [4.78, 5) is 27.4. The fourth-order valence-corrected chi connectivity index (χ4v) is 3.64. The van der Waals surface area contributed by atoms with E-state index >= 15 is 0 Å². The van der Waals surface area contributed by atoms with Crippen molar-refractivity contribution in [2.75, 3.05) is 34.5 Å². The molecule has 172 valence electrons. The number of nitrogens with zero attached hydrogens (tertiary/aromatic N) is 1. The Kier molecular flexibility index (Phi) is 8.33. The van der Waals surface area contributed by atoms with Crippen LogP contribution in [0.5, 0.6) is 17.2 Å². The Hall–Kier alpha value is -2.74. The summed E-state index contributed by atoms with van der Waals surface area (Å²) in [6, 6.07) is 2.59. The summed E-state index contributed by atoms with van der Waals surface area (Å²) in [5.74, 6) is -0.133. The fourth-order valence-electron chi connectivity index (χ4n) is 3.64. The number of methoxy groups -OCH3 is 3. The molecular weight excluding hydrogens is 402 g/mol. The Morgan fingerprint density at radius 1 is 1.06 bits per heavy atom. The first kappa shape index (κ1) is 24.5. The average molecular weight is 436 g/mol. The van der Waals surface area contributed by atoms with E-state index in [2.05, 4.69) is 0 Å². The van der Waals surface area contributed by atoms with E-state index in [4.69, 9.17) is 18.9 Å². The minimum absolute atomic E-state index is 0.0130. The number of carbonyl (C=O) groups excluding carboxylic acids is 2. The van der Waals surface area contributed by atoms with Crippen LogP contribution in [0.1, 0.15) is 45.7 Å². The van der Waals surface area contributed by atoms with Crippen molar-refractivity contribution in [3.05, 3.63) is 29.0 Å². The summed E-state index contributed by atoms with van der Waals surface area (Å²) < 4.78 is 21.9. The third kappa shape index (κ3) is 5.31. The maximum absolute atomic E-state index is 13.0. The molecule has 1 aliphatic rings. The summed E-state index contributed by atoms with van der Waals surface area (Å²) in [7, 11) is 4.48. The van der Waals surface area contributed by atoms with Crippen molar-refractivity contribution in [3.8, 4) is 17.2 Å². The molecule has 1 aromatic rings. The quantitative estimate of drug-likeness (QED) is 0.569. The van der Waals surface area contributed by atoms with E-state index in [0.717, 1.165) is 0 Å². The minimum atomic E-state index is -0.789. The number of rotatable bonds is 11. The average Bonchev–Trinajstić information content (AvgIpc) is 2.96. The molecule has 0 radical (unpaired) electrons. The van der Waals surface area contributed by atoms with Gasteiger partial charge >= 0.3 is 0 Å². The maximum atomic E-state index is 13.0. The van der Waals surface area contributed by atoms with Gasteiger partial charge < -0.3 is 29.0 Å². The second-order valence-electron chi connectivity index (χ2n) is 8.06. The Balaban J connectivity index is 2.59. The molecule has 1 atom stereocenters. The lowest BCUT2D eigenvalue weighted by atomic mass is 9.91. The number of ether oxygens (including phenoxy) is 4. The van der Waals surface area contributed by atoms with Crippen molar-refractivity contribution < 1.29 is 33.6 Å². The lowest BCUT2D eigenvalue weighted by Crippen LogP contribution is -2.34. The van der Waals surface area contributed by atoms with E-state index in [1.165, 1.54) is 26.2 Å². The van der Waals surface area contributed by atoms with Crippen LogP contribution in [0, 0.1) is 5.92 Å². The summed E-state index contributed by atoms with van der Waals surface area (Å²) >= 11 is 0. The Morgan fingerprint density at radius 3 is 2.10 bits per heavy atom. The molecule has 8 heteroatoms. The maximum Gasteiger partial charge on any atom is 0.290 e. The van der Waals surface area contributed by atoms with Gasteiger partial charge in [-0.3, -0.25) is 9.59 Å². The van der Waals surface area contributed by atoms with E-state index in [1.54, 1.807) is 12.1 Å². The molecule has 1 N–H and O–H groups in total. The number of Topliss-reactive ketones (excluding diaryl/α,β-unsaturated/α-hetero) is 1. The van der Waals surface area contributed by atoms with Gasteiger partial charge in [0.05, 0.1) is 45.7 Å². The molecule has 1 aliphatic heterocycles. The zero-order valence-corrected chi connectivity index (χ0v) is 19.4. The second kappa shape index (κ2) is 10.5. The van der Waals surface area contributed by atoms with Gasteiger partial charge in [-0.15, -0.1) is 0 Å². The standard InChI is InChI=1S/C23H33NO7/c1-13(2)10-16(25)19-20(24(23(27)21(19)26)8-9-31-14(3)4)15-11-17(28-5)22(30-7)18(12-15)29-6/h11-14,20,26H,8-10H2,1-7H3. The molecule has 0 aromatic heterocycles. The number of benzene rings is 1. The van der Waals surface area contributed by atoms with E-state index in [0.29, 0.717) is 22.8 Å². The van der Waals surface area contributed by atoms with Gasteiger partial charge in [-0.1, -0.05) is 13.8 Å². The fraction of sp³-hybridized carbons (Fsp3) is 0.565. The number of amides is 1. The highest BCUT2D eigenvalue weighted by Crippen LogP contribution is 2.45. The first-order chi connectivity index (χ1) is 14.7. The van der Waals surface area contributed by atoms with Crippen LogP contribution < -0.4 is 14.2 Å². The smallest absolute Gasteiger partial charge is 0.290 e. The van der Waals surface area contributed by atoms with Crippen LogP contribution in [-0.4, -0.2) is 62.3 Å². The largest absolute Gasteiger partial charge is 0.503 e. The van der Waals surface area contributed by atoms with Crippen molar-refractivity contribution in [3.63, 3.8) is 0 Å². The Bertz CT molecular complexity index is 819. The van der Waals surface area contributed by atoms with Crippen LogP contribution in [0.3, 0.4) is 0 Å². The molecule has 0 spiro atoms. The van der Waals surface area contributed by atoms with E-state index in [1.807, 2.05) is 27.7 Å². The Morgan fingerprint density at radius 2 is 1.65 bits per heavy atom. The van der Waals surface area contributed by atoms with Gasteiger partial charge in [-0.2, -0.15) is 0 Å². The first-order valence-electron chi connectivity index (χ1n) is 10.3. The lowest BCUT2D eigenvalue weighted by molar-refractivity contribution is -0.130. The van der Waals surface area contributed by atoms with Crippen molar-refractivity contribution in [2.45, 2.75) is 46.3 Å². The number of aliphatic hydroxyl groups is 1. The molecule has 1 aromatic carbocycles. The molecule has 0 aliphatic carbocycles. The highest BCUT2D eigenvalue weighted by Gasteiger charge is 2.43. The molecule has 0 saturated heterocycles. The van der Waals surface area contributed by atoms with Gasteiger partial charge in [-0.25, -0.2) is 0 Å². The van der Waals surface area contributed by atoms with Crippen molar-refractivity contribution in [1.82, 2.24) is 4.90 Å². The molecule has 2 rings (SSSR count). The van der Waals surface area contributed by atoms with Gasteiger partial charge in [0.25, 0.3) is 5.91 Å². The SMILES string of the molecule is COc1cc(C2C(C(=O)CC(C)C)=C(O)C(=O)N2CCOC(C)C)cc(OC)c1OC. The zero-order valence-electron chi connectivity index (χ0n) is 19.4. The van der Waals surface area contributed by atoms with Crippen LogP contribution in [0.25, 0.3) is 0 Å². The van der Waals surface area contributed by atoms with Crippen LogP contribution in [0.2, 0.25) is 0 Å². The van der Waals surface area contributed by atoms with Crippen LogP contribution in [-0.2, 0) is 14.3 Å². The van der Waals surface area contributed by atoms with Gasteiger partial charge in [0.1, 0.15) is 0 Å². The molecular formula is C23H33NO7. The monoisotopic (exact) mass is 435 g/mol. The number of hydrogen-bond donors (Lipinski definition) is 1. The third-order valence-electron chi connectivity index (χ3n) is 4.98. The highest BCUT2D eigenvalue weighted by molar-refractivity contribution is 6.09. The molecule has 0 saturated carbocycles. The summed E-state index contributed by atoms with van der Waals surface area (Å²) in [6.45, 7) is 8.10. The van der Waals surface area contributed by atoms with Gasteiger partial charge in [0.2, 0.25) is 5.75 Å². The van der Waals surface area contributed by atoms with E-state index in [9.17, 15) is 14.7 Å². The molecule has 0 fully saturated rings.